The van der Waals surface area contributed by atoms with Crippen LogP contribution < -0.4 is 4.90 Å². The lowest BCUT2D eigenvalue weighted by molar-refractivity contribution is 0.0942. The molecule has 1 aliphatic carbocycles. The third-order valence-corrected chi connectivity index (χ3v) is 10.7. The molecule has 6 aromatic rings. The Hall–Kier alpha value is -4.23. The maximum Gasteiger partial charge on any atom is 0.205 e. The normalized spacial score (nSPS) is 13.8. The van der Waals surface area contributed by atoms with Crippen LogP contribution in [0, 0.1) is 12.8 Å². The number of anilines is 1. The number of imidazole rings is 1. The minimum absolute atomic E-state index is 0.0201. The van der Waals surface area contributed by atoms with E-state index in [1.165, 1.54) is 0 Å². The van der Waals surface area contributed by atoms with Crippen molar-refractivity contribution in [2.75, 3.05) is 11.4 Å². The zero-order valence-electron chi connectivity index (χ0n) is 26.9. The third-order valence-electron chi connectivity index (χ3n) is 9.15. The molecule has 7 rings (SSSR count). The second-order valence-corrected chi connectivity index (χ2v) is 14.4. The molecule has 0 aliphatic heterocycles. The second kappa shape index (κ2) is 13.7. The molecule has 242 valence electrons. The number of hydrogen-bond acceptors (Lipinski definition) is 5. The van der Waals surface area contributed by atoms with Crippen LogP contribution in [0.5, 0.6) is 0 Å². The first-order chi connectivity index (χ1) is 23.4. The van der Waals surface area contributed by atoms with E-state index in [4.69, 9.17) is 33.2 Å². The summed E-state index contributed by atoms with van der Waals surface area (Å²) < 4.78 is 2.11. The molecule has 4 aromatic carbocycles. The predicted octanol–water partition coefficient (Wildman–Crippen LogP) is 10.3. The molecule has 1 aliphatic rings. The fraction of sp³-hybridized carbons (Fsp3) is 0.225. The number of carbonyl (C=O) groups is 1. The Balaban J connectivity index is 1.32. The number of thiazole rings is 1. The van der Waals surface area contributed by atoms with Crippen LogP contribution in [0.3, 0.4) is 0 Å². The van der Waals surface area contributed by atoms with E-state index in [1.54, 1.807) is 17.4 Å². The van der Waals surface area contributed by atoms with Gasteiger partial charge in [-0.3, -0.25) is 4.79 Å². The third kappa shape index (κ3) is 5.98. The Bertz CT molecular complexity index is 1930. The van der Waals surface area contributed by atoms with Crippen molar-refractivity contribution in [3.8, 4) is 11.3 Å². The number of hydrogen-bond donors (Lipinski definition) is 0. The Morgan fingerprint density at radius 2 is 1.50 bits per heavy atom. The SMILES string of the molecule is CCCN(c1nc(-c2ccc(Cl)cc2Cl)c(C)s1)C(C(=O)c1cn(C(c2ccccc2)(c2ccccc2)c2ccccc2)cn1)C1CC1. The molecular weight excluding hydrogens is 655 g/mol. The Labute approximate surface area is 295 Å². The summed E-state index contributed by atoms with van der Waals surface area (Å²) in [5, 5.41) is 1.97. The van der Waals surface area contributed by atoms with E-state index in [0.717, 1.165) is 57.2 Å². The molecule has 0 spiro atoms. The quantitative estimate of drug-likeness (QED) is 0.0947. The number of nitrogens with zero attached hydrogens (tertiary/aromatic N) is 4. The fourth-order valence-corrected chi connectivity index (χ4v) is 8.31. The van der Waals surface area contributed by atoms with Gasteiger partial charge in [0.1, 0.15) is 11.2 Å². The molecule has 0 N–H and O–H groups in total. The van der Waals surface area contributed by atoms with E-state index in [1.807, 2.05) is 42.9 Å². The molecule has 2 heterocycles. The summed E-state index contributed by atoms with van der Waals surface area (Å²) in [5.41, 5.74) is 4.61. The number of Topliss-reactive ketones (excluding diaryl/α,β-unsaturated/α-hetero) is 1. The Morgan fingerprint density at radius 3 is 2.02 bits per heavy atom. The van der Waals surface area contributed by atoms with Gasteiger partial charge in [0.2, 0.25) is 5.78 Å². The lowest BCUT2D eigenvalue weighted by Crippen LogP contribution is -2.44. The standard InChI is InChI=1S/C40H36Cl2N4OS/c1-3-23-46(39-44-36(27(2)48-39)33-22-21-32(41)24-34(33)42)37(28-19-20-28)38(47)35-25-45(26-43-35)40(29-13-7-4-8-14-29,30-15-9-5-10-16-30)31-17-11-6-12-18-31/h4-18,21-22,24-26,28,37H,3,19-20,23H2,1-2H3. The largest absolute Gasteiger partial charge is 0.337 e. The van der Waals surface area contributed by atoms with E-state index < -0.39 is 5.54 Å². The van der Waals surface area contributed by atoms with Gasteiger partial charge >= 0.3 is 0 Å². The zero-order valence-corrected chi connectivity index (χ0v) is 29.2. The second-order valence-electron chi connectivity index (χ2n) is 12.3. The molecular formula is C40H36Cl2N4OS. The van der Waals surface area contributed by atoms with Crippen molar-refractivity contribution in [3.05, 3.63) is 159 Å². The highest BCUT2D eigenvalue weighted by Gasteiger charge is 2.44. The van der Waals surface area contributed by atoms with Crippen molar-refractivity contribution < 1.29 is 4.79 Å². The molecule has 1 unspecified atom stereocenters. The minimum atomic E-state index is -0.743. The molecule has 48 heavy (non-hydrogen) atoms. The van der Waals surface area contributed by atoms with Crippen LogP contribution in [0.25, 0.3) is 11.3 Å². The van der Waals surface area contributed by atoms with Gasteiger partial charge in [0, 0.05) is 28.2 Å². The summed E-state index contributed by atoms with van der Waals surface area (Å²) in [4.78, 5) is 28.0. The van der Waals surface area contributed by atoms with Crippen LogP contribution >= 0.6 is 34.5 Å². The van der Waals surface area contributed by atoms with E-state index in [0.29, 0.717) is 22.3 Å². The lowest BCUT2D eigenvalue weighted by atomic mass is 9.77. The first kappa shape index (κ1) is 32.3. The molecule has 1 saturated carbocycles. The summed E-state index contributed by atoms with van der Waals surface area (Å²) >= 11 is 14.4. The monoisotopic (exact) mass is 690 g/mol. The van der Waals surface area contributed by atoms with Crippen LogP contribution in [-0.4, -0.2) is 32.9 Å². The van der Waals surface area contributed by atoms with Gasteiger partial charge in [0.25, 0.3) is 0 Å². The number of aryl methyl sites for hydroxylation is 1. The van der Waals surface area contributed by atoms with Gasteiger partial charge in [0.15, 0.2) is 5.13 Å². The van der Waals surface area contributed by atoms with Gasteiger partial charge in [-0.25, -0.2) is 9.97 Å². The number of halogens is 2. The Kier molecular flexibility index (Phi) is 9.23. The number of benzene rings is 4. The fourth-order valence-electron chi connectivity index (χ4n) is 6.82. The molecule has 2 aromatic heterocycles. The van der Waals surface area contributed by atoms with Crippen LogP contribution in [0.2, 0.25) is 10.0 Å². The van der Waals surface area contributed by atoms with Crippen molar-refractivity contribution >= 4 is 45.5 Å². The van der Waals surface area contributed by atoms with Crippen molar-refractivity contribution in [2.24, 2.45) is 5.92 Å². The number of carbonyl (C=O) groups excluding carboxylic acids is 1. The van der Waals surface area contributed by atoms with Gasteiger partial charge in [-0.05, 0) is 67.0 Å². The highest BCUT2D eigenvalue weighted by molar-refractivity contribution is 7.16. The van der Waals surface area contributed by atoms with Crippen molar-refractivity contribution in [2.45, 2.75) is 44.7 Å². The molecule has 1 atom stereocenters. The molecule has 5 nitrogen and oxygen atoms in total. The van der Waals surface area contributed by atoms with Crippen LogP contribution in [0.4, 0.5) is 5.13 Å². The number of aromatic nitrogens is 3. The molecule has 0 bridgehead atoms. The Morgan fingerprint density at radius 1 is 0.917 bits per heavy atom. The van der Waals surface area contributed by atoms with E-state index in [9.17, 15) is 4.79 Å². The van der Waals surface area contributed by atoms with E-state index >= 15 is 0 Å². The van der Waals surface area contributed by atoms with E-state index in [2.05, 4.69) is 96.1 Å². The average molecular weight is 692 g/mol. The van der Waals surface area contributed by atoms with Crippen LogP contribution in [-0.2, 0) is 5.54 Å². The highest BCUT2D eigenvalue weighted by atomic mass is 35.5. The smallest absolute Gasteiger partial charge is 0.205 e. The average Bonchev–Trinajstić information content (AvgIpc) is 3.69. The highest BCUT2D eigenvalue weighted by Crippen LogP contribution is 2.44. The van der Waals surface area contributed by atoms with Crippen LogP contribution in [0.15, 0.2) is 122 Å². The summed E-state index contributed by atoms with van der Waals surface area (Å²) in [6.07, 6.45) is 6.64. The van der Waals surface area contributed by atoms with Crippen molar-refractivity contribution in [3.63, 3.8) is 0 Å². The first-order valence-corrected chi connectivity index (χ1v) is 17.9. The first-order valence-electron chi connectivity index (χ1n) is 16.4. The van der Waals surface area contributed by atoms with Crippen molar-refractivity contribution in [1.82, 2.24) is 14.5 Å². The summed E-state index contributed by atoms with van der Waals surface area (Å²) in [5.74, 6) is 0.259. The molecule has 0 saturated heterocycles. The van der Waals surface area contributed by atoms with Gasteiger partial charge in [-0.1, -0.05) is 121 Å². The summed E-state index contributed by atoms with van der Waals surface area (Å²) in [6.45, 7) is 4.90. The number of ketones is 1. The lowest BCUT2D eigenvalue weighted by Gasteiger charge is -2.37. The molecule has 8 heteroatoms. The van der Waals surface area contributed by atoms with Gasteiger partial charge in [-0.2, -0.15) is 0 Å². The van der Waals surface area contributed by atoms with Gasteiger partial charge in [-0.15, -0.1) is 11.3 Å². The molecule has 0 amide bonds. The van der Waals surface area contributed by atoms with Crippen molar-refractivity contribution in [1.29, 1.82) is 0 Å². The maximum atomic E-state index is 14.7. The van der Waals surface area contributed by atoms with Gasteiger partial charge < -0.3 is 9.47 Å². The minimum Gasteiger partial charge on any atom is -0.337 e. The molecule has 1 fully saturated rings. The maximum absolute atomic E-state index is 14.7. The molecule has 0 radical (unpaired) electrons. The number of rotatable bonds is 12. The van der Waals surface area contributed by atoms with E-state index in [-0.39, 0.29) is 17.7 Å². The predicted molar refractivity (Wildman–Crippen MR) is 198 cm³/mol. The zero-order chi connectivity index (χ0) is 33.3. The topological polar surface area (TPSA) is 51.0 Å². The van der Waals surface area contributed by atoms with Gasteiger partial charge in [0.05, 0.1) is 23.1 Å². The summed E-state index contributed by atoms with van der Waals surface area (Å²) in [6, 6.07) is 36.5. The van der Waals surface area contributed by atoms with Crippen LogP contribution in [0.1, 0.15) is 58.2 Å². The summed E-state index contributed by atoms with van der Waals surface area (Å²) in [7, 11) is 0.